The lowest BCUT2D eigenvalue weighted by atomic mass is 10.1. The Labute approximate surface area is 326 Å². The summed E-state index contributed by atoms with van der Waals surface area (Å²) in [5.41, 5.74) is 1.71. The molecule has 2 rings (SSSR count). The van der Waals surface area contributed by atoms with Crippen molar-refractivity contribution in [1.29, 1.82) is 0 Å². The maximum Gasteiger partial charge on any atom is 0.338 e. The van der Waals surface area contributed by atoms with E-state index in [4.69, 9.17) is 9.29 Å². The van der Waals surface area contributed by atoms with Crippen LogP contribution in [-0.2, 0) is 45.2 Å². The van der Waals surface area contributed by atoms with Crippen molar-refractivity contribution in [2.75, 3.05) is 41.9 Å². The molecule has 0 spiro atoms. The number of carboxylic acids is 1. The zero-order valence-corrected chi connectivity index (χ0v) is 34.2. The van der Waals surface area contributed by atoms with E-state index < -0.39 is 81.2 Å². The Balaban J connectivity index is 2.60. The minimum Gasteiger partial charge on any atom is -0.478 e. The predicted octanol–water partition coefficient (Wildman–Crippen LogP) is 3.87. The third-order valence-corrected chi connectivity index (χ3v) is 11.3. The minimum absolute atomic E-state index is 0.0115. The number of rotatable bonds is 21. The van der Waals surface area contributed by atoms with E-state index in [0.717, 1.165) is 12.1 Å². The molecule has 22 heteroatoms. The number of carbonyl (C=O) groups excluding carboxylic acids is 1. The quantitative estimate of drug-likeness (QED) is 0.0297. The summed E-state index contributed by atoms with van der Waals surface area (Å²) in [4.78, 5) is 25.8. The van der Waals surface area contributed by atoms with Gasteiger partial charge in [-0.15, -0.1) is 0 Å². The summed E-state index contributed by atoms with van der Waals surface area (Å²) >= 11 is 0. The summed E-state index contributed by atoms with van der Waals surface area (Å²) in [5.74, 6) is -4.17. The second-order valence-corrected chi connectivity index (χ2v) is 18.5. The van der Waals surface area contributed by atoms with Gasteiger partial charge in [0.15, 0.2) is 5.71 Å². The molecular formula is C34H45N2O16S4+. The third-order valence-electron chi connectivity index (χ3n) is 8.09. The normalized spacial score (nSPS) is 13.6. The van der Waals surface area contributed by atoms with Crippen LogP contribution in [0.2, 0.25) is 0 Å². The van der Waals surface area contributed by atoms with Crippen LogP contribution in [0, 0.1) is 13.8 Å². The van der Waals surface area contributed by atoms with E-state index in [9.17, 15) is 62.0 Å². The second-order valence-electron chi connectivity index (χ2n) is 12.4. The smallest absolute Gasteiger partial charge is 0.338 e. The second kappa shape index (κ2) is 20.2. The van der Waals surface area contributed by atoms with E-state index in [1.54, 1.807) is 68.2 Å². The highest BCUT2D eigenvalue weighted by molar-refractivity contribution is 7.86. The zero-order valence-electron chi connectivity index (χ0n) is 30.9. The van der Waals surface area contributed by atoms with E-state index in [1.165, 1.54) is 17.6 Å². The average Bonchev–Trinajstić information content (AvgIpc) is 3.05. The highest BCUT2D eigenvalue weighted by Gasteiger charge is 2.27. The summed E-state index contributed by atoms with van der Waals surface area (Å²) in [5, 5.41) is 9.61. The number of allylic oxidation sites excluding steroid dienone is 6. The fraction of sp³-hybridized carbons (Fsp3) is 0.382. The van der Waals surface area contributed by atoms with Gasteiger partial charge in [0.05, 0.1) is 35.0 Å². The van der Waals surface area contributed by atoms with Crippen LogP contribution in [0.15, 0.2) is 71.3 Å². The van der Waals surface area contributed by atoms with Crippen molar-refractivity contribution in [3.63, 3.8) is 0 Å². The number of benzene rings is 2. The van der Waals surface area contributed by atoms with Gasteiger partial charge in [0, 0.05) is 49.0 Å². The Kier molecular flexibility index (Phi) is 17.3. The SMILES string of the molecule is C\C(=C/C=C/C=C/C(C)=[N+](\CCCS(=O)(=O)O)c1cc(S(=O)(=O)O)cc(C(=O)OCCCS(=O)(=O)O)c1C)N(CCCS(=O)(=O)O)c1cccc(C(=O)O)c1C. The first-order valence-corrected chi connectivity index (χ1v) is 22.9. The van der Waals surface area contributed by atoms with Gasteiger partial charge >= 0.3 is 11.9 Å². The van der Waals surface area contributed by atoms with Gasteiger partial charge in [-0.25, -0.2) is 9.59 Å². The Morgan fingerprint density at radius 2 is 1.36 bits per heavy atom. The molecule has 310 valence electrons. The van der Waals surface area contributed by atoms with Crippen LogP contribution in [0.5, 0.6) is 0 Å². The van der Waals surface area contributed by atoms with E-state index in [2.05, 4.69) is 0 Å². The Bertz CT molecular complexity index is 2360. The van der Waals surface area contributed by atoms with Crippen molar-refractivity contribution in [3.05, 3.63) is 88.7 Å². The fourth-order valence-electron chi connectivity index (χ4n) is 5.36. The molecule has 0 heterocycles. The molecule has 2 aromatic carbocycles. The van der Waals surface area contributed by atoms with Crippen LogP contribution in [0.25, 0.3) is 0 Å². The van der Waals surface area contributed by atoms with Crippen molar-refractivity contribution in [1.82, 2.24) is 0 Å². The van der Waals surface area contributed by atoms with Crippen molar-refractivity contribution in [2.24, 2.45) is 0 Å². The van der Waals surface area contributed by atoms with E-state index >= 15 is 0 Å². The number of carbonyl (C=O) groups is 2. The number of aromatic carboxylic acids is 1. The van der Waals surface area contributed by atoms with Crippen LogP contribution in [0.1, 0.15) is 65.0 Å². The van der Waals surface area contributed by atoms with E-state index in [1.807, 2.05) is 0 Å². The number of carboxylic acid groups (broad SMARTS) is 1. The number of esters is 1. The van der Waals surface area contributed by atoms with Gasteiger partial charge in [-0.3, -0.25) is 18.2 Å². The van der Waals surface area contributed by atoms with Crippen molar-refractivity contribution >= 4 is 69.5 Å². The van der Waals surface area contributed by atoms with Gasteiger partial charge in [0.1, 0.15) is 11.4 Å². The summed E-state index contributed by atoms with van der Waals surface area (Å²) in [6, 6.07) is 6.53. The molecule has 0 fully saturated rings. The maximum absolute atomic E-state index is 13.0. The lowest BCUT2D eigenvalue weighted by Crippen LogP contribution is -2.25. The Hall–Kier alpha value is -4.29. The lowest BCUT2D eigenvalue weighted by Gasteiger charge is -2.27. The van der Waals surface area contributed by atoms with Gasteiger partial charge in [-0.1, -0.05) is 24.3 Å². The highest BCUT2D eigenvalue weighted by atomic mass is 32.2. The zero-order chi connectivity index (χ0) is 42.6. The first kappa shape index (κ1) is 47.9. The fourth-order valence-corrected chi connectivity index (χ4v) is 7.36. The first-order chi connectivity index (χ1) is 25.7. The third kappa shape index (κ3) is 16.1. The van der Waals surface area contributed by atoms with Crippen molar-refractivity contribution in [2.45, 2.75) is 51.9 Å². The van der Waals surface area contributed by atoms with Crippen LogP contribution in [-0.4, -0.2) is 116 Å². The molecule has 0 aliphatic rings. The standard InChI is InChI=1S/C34H44N2O16S4/c1-24(35(16-9-19-53(40,41)42)31-15-8-14-29(26(31)3)33(37)38)12-6-5-7-13-25(2)36(17-10-20-54(43,44)45)32-23-28(56(49,50)51)22-30(27(32)4)34(39)52-18-11-21-55(46,47)48/h5-8,12-15,22-23H,9-11,16-21H2,1-4H3,(H4-,37,38,40,41,42,43,44,45,46,47,48,49,50,51)/p+1. The molecule has 0 bridgehead atoms. The van der Waals surface area contributed by atoms with Crippen molar-refractivity contribution in [3.8, 4) is 0 Å². The molecule has 0 aliphatic heterocycles. The first-order valence-electron chi connectivity index (χ1n) is 16.6. The molecule has 0 atom stereocenters. The molecular weight excluding hydrogens is 821 g/mol. The number of nitrogens with zero attached hydrogens (tertiary/aromatic N) is 2. The van der Waals surface area contributed by atoms with Crippen LogP contribution >= 0.6 is 0 Å². The molecule has 5 N–H and O–H groups in total. The van der Waals surface area contributed by atoms with Gasteiger partial charge in [-0.05, 0) is 63.5 Å². The summed E-state index contributed by atoms with van der Waals surface area (Å²) in [6.45, 7) is 5.79. The molecule has 0 aromatic heterocycles. The highest BCUT2D eigenvalue weighted by Crippen LogP contribution is 2.29. The average molecular weight is 866 g/mol. The van der Waals surface area contributed by atoms with E-state index in [0.29, 0.717) is 22.7 Å². The summed E-state index contributed by atoms with van der Waals surface area (Å²) in [7, 11) is -18.0. The van der Waals surface area contributed by atoms with Gasteiger partial charge in [0.2, 0.25) is 5.69 Å². The molecule has 56 heavy (non-hydrogen) atoms. The minimum atomic E-state index is -4.93. The Morgan fingerprint density at radius 3 is 1.93 bits per heavy atom. The molecule has 0 unspecified atom stereocenters. The van der Waals surface area contributed by atoms with Gasteiger partial charge in [-0.2, -0.15) is 38.2 Å². The number of ether oxygens (including phenoxy) is 1. The molecule has 0 amide bonds. The molecule has 0 saturated heterocycles. The molecule has 0 aliphatic carbocycles. The number of hydrogen-bond acceptors (Lipinski definition) is 12. The van der Waals surface area contributed by atoms with Gasteiger partial charge < -0.3 is 14.7 Å². The molecule has 0 radical (unpaired) electrons. The van der Waals surface area contributed by atoms with Crippen molar-refractivity contribution < 1.29 is 75.9 Å². The summed E-state index contributed by atoms with van der Waals surface area (Å²) in [6.07, 6.45) is 7.49. The van der Waals surface area contributed by atoms with Crippen LogP contribution in [0.3, 0.4) is 0 Å². The molecule has 2 aromatic rings. The van der Waals surface area contributed by atoms with Crippen LogP contribution < -0.4 is 4.90 Å². The lowest BCUT2D eigenvalue weighted by molar-refractivity contribution is -0.440. The van der Waals surface area contributed by atoms with Gasteiger partial charge in [0.25, 0.3) is 40.5 Å². The molecule has 0 saturated carbocycles. The topological polar surface area (TPSA) is 287 Å². The monoisotopic (exact) mass is 865 g/mol. The largest absolute Gasteiger partial charge is 0.478 e. The predicted molar refractivity (Wildman–Crippen MR) is 207 cm³/mol. The Morgan fingerprint density at radius 1 is 0.768 bits per heavy atom. The number of hydrogen-bond donors (Lipinski definition) is 5. The van der Waals surface area contributed by atoms with Crippen LogP contribution in [0.4, 0.5) is 11.4 Å². The number of anilines is 1. The summed E-state index contributed by atoms with van der Waals surface area (Å²) < 4.78 is 136. The maximum atomic E-state index is 13.0. The van der Waals surface area contributed by atoms with E-state index in [-0.39, 0.29) is 54.7 Å². The molecule has 18 nitrogen and oxygen atoms in total.